The van der Waals surface area contributed by atoms with Gasteiger partial charge in [-0.15, -0.1) is 0 Å². The van der Waals surface area contributed by atoms with E-state index in [-0.39, 0.29) is 10.6 Å². The van der Waals surface area contributed by atoms with Crippen LogP contribution in [-0.4, -0.2) is 18.0 Å². The fraction of sp³-hybridized carbons (Fsp3) is 0.125. The summed E-state index contributed by atoms with van der Waals surface area (Å²) in [4.78, 5) is 24.1. The van der Waals surface area contributed by atoms with E-state index in [0.29, 0.717) is 10.2 Å². The van der Waals surface area contributed by atoms with Crippen LogP contribution in [0.2, 0.25) is 5.02 Å². The van der Waals surface area contributed by atoms with E-state index in [1.54, 1.807) is 12.1 Å². The maximum absolute atomic E-state index is 12.8. The molecule has 0 radical (unpaired) electrons. The summed E-state index contributed by atoms with van der Waals surface area (Å²) < 4.78 is 18.6. The summed E-state index contributed by atoms with van der Waals surface area (Å²) in [5.41, 5.74) is 0.558. The van der Waals surface area contributed by atoms with E-state index in [0.717, 1.165) is 0 Å². The highest BCUT2D eigenvalue weighted by Crippen LogP contribution is 2.22. The van der Waals surface area contributed by atoms with Crippen molar-refractivity contribution in [3.05, 3.63) is 63.3 Å². The Bertz CT molecular complexity index is 737. The van der Waals surface area contributed by atoms with E-state index in [4.69, 9.17) is 16.3 Å². The molecule has 120 valence electrons. The standard InChI is InChI=1S/C16H12BrClFNO3/c1-9(15(21)20-12-5-3-11(19)4-6-12)23-16(22)13-8-10(17)2-7-14(13)18/h2-9H,1H3,(H,20,21)/t9-/m0/s1. The first-order chi connectivity index (χ1) is 10.9. The number of benzene rings is 2. The van der Waals surface area contributed by atoms with Gasteiger partial charge in [-0.3, -0.25) is 4.79 Å². The van der Waals surface area contributed by atoms with Gasteiger partial charge in [0.15, 0.2) is 6.10 Å². The van der Waals surface area contributed by atoms with E-state index in [2.05, 4.69) is 21.2 Å². The summed E-state index contributed by atoms with van der Waals surface area (Å²) >= 11 is 9.17. The number of carbonyl (C=O) groups is 2. The molecule has 0 saturated carbocycles. The molecule has 0 bridgehead atoms. The second-order valence-electron chi connectivity index (χ2n) is 4.67. The third kappa shape index (κ3) is 4.77. The summed E-state index contributed by atoms with van der Waals surface area (Å²) in [6.07, 6.45) is -1.04. The summed E-state index contributed by atoms with van der Waals surface area (Å²) in [5.74, 6) is -1.65. The highest BCUT2D eigenvalue weighted by atomic mass is 79.9. The molecule has 0 unspecified atom stereocenters. The van der Waals surface area contributed by atoms with E-state index < -0.39 is 23.8 Å². The lowest BCUT2D eigenvalue weighted by Crippen LogP contribution is -2.30. The Labute approximate surface area is 145 Å². The number of hydrogen-bond acceptors (Lipinski definition) is 3. The highest BCUT2D eigenvalue weighted by Gasteiger charge is 2.21. The number of halogens is 3. The smallest absolute Gasteiger partial charge is 0.340 e. The summed E-state index contributed by atoms with van der Waals surface area (Å²) in [6.45, 7) is 1.43. The van der Waals surface area contributed by atoms with Crippen LogP contribution < -0.4 is 5.32 Å². The zero-order chi connectivity index (χ0) is 17.0. The first-order valence-electron chi connectivity index (χ1n) is 6.59. The third-order valence-electron chi connectivity index (χ3n) is 2.91. The van der Waals surface area contributed by atoms with Gasteiger partial charge in [0, 0.05) is 10.2 Å². The Morgan fingerprint density at radius 2 is 1.87 bits per heavy atom. The van der Waals surface area contributed by atoms with E-state index >= 15 is 0 Å². The van der Waals surface area contributed by atoms with Crippen molar-refractivity contribution < 1.29 is 18.7 Å². The van der Waals surface area contributed by atoms with E-state index in [1.807, 2.05) is 0 Å². The van der Waals surface area contributed by atoms with Crippen LogP contribution in [0.25, 0.3) is 0 Å². The number of anilines is 1. The molecule has 0 aromatic heterocycles. The molecule has 2 rings (SSSR count). The Kier molecular flexibility index (Phi) is 5.74. The fourth-order valence-electron chi connectivity index (χ4n) is 1.71. The molecule has 0 heterocycles. The number of ether oxygens (including phenoxy) is 1. The van der Waals surface area contributed by atoms with Crippen molar-refractivity contribution in [2.75, 3.05) is 5.32 Å². The number of carbonyl (C=O) groups excluding carboxylic acids is 2. The first kappa shape index (κ1) is 17.4. The van der Waals surface area contributed by atoms with Gasteiger partial charge < -0.3 is 10.1 Å². The van der Waals surface area contributed by atoms with Gasteiger partial charge in [0.05, 0.1) is 10.6 Å². The minimum Gasteiger partial charge on any atom is -0.449 e. The molecule has 1 atom stereocenters. The van der Waals surface area contributed by atoms with Crippen LogP contribution in [0, 0.1) is 5.82 Å². The first-order valence-corrected chi connectivity index (χ1v) is 7.76. The zero-order valence-corrected chi connectivity index (χ0v) is 14.3. The van der Waals surface area contributed by atoms with Gasteiger partial charge in [-0.1, -0.05) is 27.5 Å². The highest BCUT2D eigenvalue weighted by molar-refractivity contribution is 9.10. The molecular weight excluding hydrogens is 389 g/mol. The molecule has 4 nitrogen and oxygen atoms in total. The number of rotatable bonds is 4. The Hall–Kier alpha value is -1.92. The lowest BCUT2D eigenvalue weighted by molar-refractivity contribution is -0.123. The lowest BCUT2D eigenvalue weighted by atomic mass is 10.2. The second-order valence-corrected chi connectivity index (χ2v) is 5.99. The third-order valence-corrected chi connectivity index (χ3v) is 3.74. The molecule has 0 aliphatic rings. The quantitative estimate of drug-likeness (QED) is 0.773. The van der Waals surface area contributed by atoms with Crippen molar-refractivity contribution in [1.29, 1.82) is 0 Å². The fourth-order valence-corrected chi connectivity index (χ4v) is 2.26. The van der Waals surface area contributed by atoms with Gasteiger partial charge in [-0.25, -0.2) is 9.18 Å². The Morgan fingerprint density at radius 3 is 2.52 bits per heavy atom. The molecule has 0 fully saturated rings. The van der Waals surface area contributed by atoms with E-state index in [9.17, 15) is 14.0 Å². The molecular formula is C16H12BrClFNO3. The van der Waals surface area contributed by atoms with Crippen LogP contribution in [0.5, 0.6) is 0 Å². The normalized spacial score (nSPS) is 11.7. The van der Waals surface area contributed by atoms with Crippen LogP contribution in [0.4, 0.5) is 10.1 Å². The second kappa shape index (κ2) is 7.57. The average molecular weight is 401 g/mol. The number of hydrogen-bond donors (Lipinski definition) is 1. The topological polar surface area (TPSA) is 55.4 Å². The number of amides is 1. The SMILES string of the molecule is C[C@H](OC(=O)c1cc(Br)ccc1Cl)C(=O)Nc1ccc(F)cc1. The minimum atomic E-state index is -1.04. The van der Waals surface area contributed by atoms with Gasteiger partial charge in [0.2, 0.25) is 0 Å². The molecule has 0 saturated heterocycles. The summed E-state index contributed by atoms with van der Waals surface area (Å²) in [5, 5.41) is 2.75. The van der Waals surface area contributed by atoms with Crippen molar-refractivity contribution in [2.45, 2.75) is 13.0 Å². The molecule has 0 aliphatic carbocycles. The molecule has 7 heteroatoms. The van der Waals surface area contributed by atoms with Gasteiger partial charge in [0.25, 0.3) is 5.91 Å². The molecule has 1 N–H and O–H groups in total. The monoisotopic (exact) mass is 399 g/mol. The number of nitrogens with one attached hydrogen (secondary N) is 1. The predicted molar refractivity (Wildman–Crippen MR) is 89.1 cm³/mol. The van der Waals surface area contributed by atoms with Crippen molar-refractivity contribution in [3.63, 3.8) is 0 Å². The van der Waals surface area contributed by atoms with Gasteiger partial charge in [-0.2, -0.15) is 0 Å². The molecule has 0 spiro atoms. The van der Waals surface area contributed by atoms with Crippen LogP contribution in [0.1, 0.15) is 17.3 Å². The van der Waals surface area contributed by atoms with Crippen molar-refractivity contribution >= 4 is 45.1 Å². The molecule has 0 aliphatic heterocycles. The maximum Gasteiger partial charge on any atom is 0.340 e. The van der Waals surface area contributed by atoms with E-state index in [1.165, 1.54) is 37.3 Å². The van der Waals surface area contributed by atoms with Crippen LogP contribution in [0.3, 0.4) is 0 Å². The van der Waals surface area contributed by atoms with Crippen molar-refractivity contribution in [3.8, 4) is 0 Å². The zero-order valence-electron chi connectivity index (χ0n) is 12.0. The molecule has 2 aromatic carbocycles. The van der Waals surface area contributed by atoms with Gasteiger partial charge in [-0.05, 0) is 49.4 Å². The van der Waals surface area contributed by atoms with Crippen LogP contribution >= 0.6 is 27.5 Å². The largest absolute Gasteiger partial charge is 0.449 e. The minimum absolute atomic E-state index is 0.155. The summed E-state index contributed by atoms with van der Waals surface area (Å²) in [6, 6.07) is 9.99. The Morgan fingerprint density at radius 1 is 1.22 bits per heavy atom. The molecule has 1 amide bonds. The molecule has 23 heavy (non-hydrogen) atoms. The number of esters is 1. The molecule has 2 aromatic rings. The predicted octanol–water partition coefficient (Wildman–Crippen LogP) is 4.43. The van der Waals surface area contributed by atoms with Crippen LogP contribution in [-0.2, 0) is 9.53 Å². The van der Waals surface area contributed by atoms with Gasteiger partial charge in [0.1, 0.15) is 5.82 Å². The summed E-state index contributed by atoms with van der Waals surface area (Å²) in [7, 11) is 0. The van der Waals surface area contributed by atoms with Crippen LogP contribution in [0.15, 0.2) is 46.9 Å². The van der Waals surface area contributed by atoms with Crippen molar-refractivity contribution in [1.82, 2.24) is 0 Å². The Balaban J connectivity index is 2.01. The lowest BCUT2D eigenvalue weighted by Gasteiger charge is -2.14. The van der Waals surface area contributed by atoms with Crippen molar-refractivity contribution in [2.24, 2.45) is 0 Å². The van der Waals surface area contributed by atoms with Gasteiger partial charge >= 0.3 is 5.97 Å². The average Bonchev–Trinajstić information content (AvgIpc) is 2.51. The maximum atomic E-state index is 12.8.